The second-order valence-corrected chi connectivity index (χ2v) is 4.21. The predicted octanol–water partition coefficient (Wildman–Crippen LogP) is 1.91. The number of nitrogens with two attached hydrogens (primary N) is 1. The van der Waals surface area contributed by atoms with Crippen molar-refractivity contribution in [1.29, 1.82) is 0 Å². The van der Waals surface area contributed by atoms with E-state index in [4.69, 9.17) is 10.5 Å². The smallest absolute Gasteiger partial charge is 0.124 e. The lowest BCUT2D eigenvalue weighted by Gasteiger charge is -2.34. The molecule has 88 valence electrons. The van der Waals surface area contributed by atoms with Gasteiger partial charge in [-0.2, -0.15) is 0 Å². The first-order chi connectivity index (χ1) is 7.76. The third kappa shape index (κ3) is 2.00. The Morgan fingerprint density at radius 3 is 2.81 bits per heavy atom. The number of benzene rings is 1. The molecular formula is C13H20N2O. The summed E-state index contributed by atoms with van der Waals surface area (Å²) in [5, 5.41) is 0. The lowest BCUT2D eigenvalue weighted by atomic mass is 10.00. The number of hydrogen-bond acceptors (Lipinski definition) is 3. The highest BCUT2D eigenvalue weighted by Gasteiger charge is 2.24. The molecule has 1 heterocycles. The minimum absolute atomic E-state index is 0.465. The van der Waals surface area contributed by atoms with Crippen LogP contribution in [0.5, 0.6) is 5.75 Å². The predicted molar refractivity (Wildman–Crippen MR) is 66.8 cm³/mol. The van der Waals surface area contributed by atoms with Gasteiger partial charge in [-0.15, -0.1) is 0 Å². The van der Waals surface area contributed by atoms with Crippen LogP contribution >= 0.6 is 0 Å². The number of anilines is 1. The summed E-state index contributed by atoms with van der Waals surface area (Å²) in [5.41, 5.74) is 8.02. The van der Waals surface area contributed by atoms with Crippen LogP contribution in [0.25, 0.3) is 0 Å². The number of hydrogen-bond donors (Lipinski definition) is 1. The van der Waals surface area contributed by atoms with Crippen molar-refractivity contribution in [2.24, 2.45) is 0 Å². The van der Waals surface area contributed by atoms with Gasteiger partial charge in [0.15, 0.2) is 0 Å². The van der Waals surface area contributed by atoms with Crippen LogP contribution in [-0.2, 0) is 6.42 Å². The van der Waals surface area contributed by atoms with E-state index in [-0.39, 0.29) is 0 Å². The Kier molecular flexibility index (Phi) is 3.34. The van der Waals surface area contributed by atoms with Crippen molar-refractivity contribution in [2.45, 2.75) is 26.3 Å². The topological polar surface area (TPSA) is 38.5 Å². The van der Waals surface area contributed by atoms with E-state index in [0.717, 1.165) is 37.6 Å². The fraction of sp³-hybridized carbons (Fsp3) is 0.538. The Bertz CT molecular complexity index is 361. The van der Waals surface area contributed by atoms with E-state index in [0.29, 0.717) is 6.04 Å². The van der Waals surface area contributed by atoms with Crippen LogP contribution < -0.4 is 10.5 Å². The van der Waals surface area contributed by atoms with E-state index in [1.54, 1.807) is 0 Å². The molecule has 0 spiro atoms. The summed E-state index contributed by atoms with van der Waals surface area (Å²) >= 11 is 0. The summed E-state index contributed by atoms with van der Waals surface area (Å²) in [6.45, 7) is 7.28. The van der Waals surface area contributed by atoms with E-state index >= 15 is 0 Å². The standard InChI is InChI=1S/C13H20N2O/c1-3-15(4-2)10-8-11-12(14)6-5-7-13(11)16-9-10/h5-7,10H,3-4,8-9,14H2,1-2H3. The highest BCUT2D eigenvalue weighted by molar-refractivity contribution is 5.55. The van der Waals surface area contributed by atoms with Gasteiger partial charge in [-0.25, -0.2) is 0 Å². The van der Waals surface area contributed by atoms with Crippen LogP contribution in [0.15, 0.2) is 18.2 Å². The first-order valence-corrected chi connectivity index (χ1v) is 6.00. The van der Waals surface area contributed by atoms with Gasteiger partial charge in [0.05, 0.1) is 0 Å². The maximum Gasteiger partial charge on any atom is 0.124 e. The van der Waals surface area contributed by atoms with Gasteiger partial charge >= 0.3 is 0 Å². The number of likely N-dealkylation sites (N-methyl/N-ethyl adjacent to an activating group) is 1. The largest absolute Gasteiger partial charge is 0.492 e. The second-order valence-electron chi connectivity index (χ2n) is 4.21. The van der Waals surface area contributed by atoms with Crippen LogP contribution in [0.1, 0.15) is 19.4 Å². The minimum atomic E-state index is 0.465. The molecule has 1 aromatic carbocycles. The monoisotopic (exact) mass is 220 g/mol. The third-order valence-corrected chi connectivity index (χ3v) is 3.37. The zero-order valence-electron chi connectivity index (χ0n) is 10.1. The number of ether oxygens (including phenoxy) is 1. The molecule has 3 nitrogen and oxygen atoms in total. The molecule has 16 heavy (non-hydrogen) atoms. The van der Waals surface area contributed by atoms with Gasteiger partial charge in [0.1, 0.15) is 12.4 Å². The Hall–Kier alpha value is -1.22. The first-order valence-electron chi connectivity index (χ1n) is 6.00. The molecular weight excluding hydrogens is 200 g/mol. The molecule has 0 aromatic heterocycles. The Morgan fingerprint density at radius 1 is 1.38 bits per heavy atom. The second kappa shape index (κ2) is 4.74. The van der Waals surface area contributed by atoms with Gasteiger partial charge in [-0.05, 0) is 31.6 Å². The average Bonchev–Trinajstić information content (AvgIpc) is 2.32. The molecule has 0 aliphatic carbocycles. The third-order valence-electron chi connectivity index (χ3n) is 3.37. The van der Waals surface area contributed by atoms with E-state index in [1.165, 1.54) is 5.56 Å². The molecule has 1 unspecified atom stereocenters. The summed E-state index contributed by atoms with van der Waals surface area (Å²) in [7, 11) is 0. The normalized spacial score (nSPS) is 19.3. The molecule has 0 bridgehead atoms. The van der Waals surface area contributed by atoms with E-state index in [1.807, 2.05) is 18.2 Å². The summed E-state index contributed by atoms with van der Waals surface area (Å²) in [6.07, 6.45) is 1.00. The fourth-order valence-corrected chi connectivity index (χ4v) is 2.39. The molecule has 3 heteroatoms. The van der Waals surface area contributed by atoms with Crippen LogP contribution in [0.4, 0.5) is 5.69 Å². The SMILES string of the molecule is CCN(CC)C1COc2cccc(N)c2C1. The van der Waals surface area contributed by atoms with Gasteiger partial charge in [0, 0.05) is 17.3 Å². The van der Waals surface area contributed by atoms with Crippen LogP contribution in [0.3, 0.4) is 0 Å². The maximum atomic E-state index is 5.99. The quantitative estimate of drug-likeness (QED) is 0.791. The highest BCUT2D eigenvalue weighted by Crippen LogP contribution is 2.30. The summed E-state index contributed by atoms with van der Waals surface area (Å²) in [5.74, 6) is 0.961. The highest BCUT2D eigenvalue weighted by atomic mass is 16.5. The molecule has 1 aliphatic rings. The van der Waals surface area contributed by atoms with Crippen molar-refractivity contribution >= 4 is 5.69 Å². The zero-order chi connectivity index (χ0) is 11.5. The minimum Gasteiger partial charge on any atom is -0.492 e. The van der Waals surface area contributed by atoms with Crippen molar-refractivity contribution in [3.05, 3.63) is 23.8 Å². The molecule has 0 saturated carbocycles. The van der Waals surface area contributed by atoms with Gasteiger partial charge in [-0.1, -0.05) is 19.9 Å². The van der Waals surface area contributed by atoms with Gasteiger partial charge < -0.3 is 10.5 Å². The van der Waals surface area contributed by atoms with Gasteiger partial charge in [-0.3, -0.25) is 4.90 Å². The van der Waals surface area contributed by atoms with E-state index in [9.17, 15) is 0 Å². The lowest BCUT2D eigenvalue weighted by molar-refractivity contribution is 0.130. The van der Waals surface area contributed by atoms with Crippen LogP contribution in [0, 0.1) is 0 Å². The number of nitrogen functional groups attached to an aromatic ring is 1. The molecule has 2 N–H and O–H groups in total. The van der Waals surface area contributed by atoms with Crippen molar-refractivity contribution < 1.29 is 4.74 Å². The molecule has 1 aromatic rings. The lowest BCUT2D eigenvalue weighted by Crippen LogP contribution is -2.43. The first kappa shape index (κ1) is 11.3. The van der Waals surface area contributed by atoms with E-state index < -0.39 is 0 Å². The Labute approximate surface area is 97.2 Å². The van der Waals surface area contributed by atoms with Crippen LogP contribution in [0.2, 0.25) is 0 Å². The number of rotatable bonds is 3. The maximum absolute atomic E-state index is 5.99. The molecule has 0 amide bonds. The van der Waals surface area contributed by atoms with Gasteiger partial charge in [0.25, 0.3) is 0 Å². The molecule has 0 radical (unpaired) electrons. The Morgan fingerprint density at radius 2 is 2.12 bits per heavy atom. The summed E-state index contributed by atoms with van der Waals surface area (Å²) in [6, 6.07) is 6.37. The number of nitrogens with zero attached hydrogens (tertiary/aromatic N) is 1. The summed E-state index contributed by atoms with van der Waals surface area (Å²) < 4.78 is 5.78. The molecule has 1 aliphatic heterocycles. The molecule has 0 saturated heterocycles. The summed E-state index contributed by atoms with van der Waals surface area (Å²) in [4.78, 5) is 2.43. The Balaban J connectivity index is 2.19. The fourth-order valence-electron chi connectivity index (χ4n) is 2.39. The molecule has 0 fully saturated rings. The number of fused-ring (bicyclic) bond motifs is 1. The van der Waals surface area contributed by atoms with Gasteiger partial charge in [0.2, 0.25) is 0 Å². The van der Waals surface area contributed by atoms with Crippen molar-refractivity contribution in [1.82, 2.24) is 4.90 Å². The molecule has 2 rings (SSSR count). The van der Waals surface area contributed by atoms with Crippen molar-refractivity contribution in [3.8, 4) is 5.75 Å². The van der Waals surface area contributed by atoms with E-state index in [2.05, 4.69) is 18.7 Å². The van der Waals surface area contributed by atoms with Crippen LogP contribution in [-0.4, -0.2) is 30.6 Å². The molecule has 1 atom stereocenters. The zero-order valence-corrected chi connectivity index (χ0v) is 10.1. The van der Waals surface area contributed by atoms with Crippen molar-refractivity contribution in [2.75, 3.05) is 25.4 Å². The average molecular weight is 220 g/mol. The van der Waals surface area contributed by atoms with Crippen molar-refractivity contribution in [3.63, 3.8) is 0 Å².